The smallest absolute Gasteiger partial charge is 0.319 e. The Balaban J connectivity index is 1.77. The number of esters is 1. The van der Waals surface area contributed by atoms with Gasteiger partial charge >= 0.3 is 5.97 Å². The van der Waals surface area contributed by atoms with Crippen molar-refractivity contribution < 1.29 is 19.0 Å². The highest BCUT2D eigenvalue weighted by atomic mass is 16.5. The third-order valence-corrected chi connectivity index (χ3v) is 7.75. The van der Waals surface area contributed by atoms with Crippen LogP contribution in [0, 0.1) is 11.8 Å². The molecule has 1 aromatic carbocycles. The molecule has 162 valence electrons. The zero-order chi connectivity index (χ0) is 21.0. The summed E-state index contributed by atoms with van der Waals surface area (Å²) >= 11 is 0. The van der Waals surface area contributed by atoms with E-state index in [4.69, 9.17) is 14.2 Å². The summed E-state index contributed by atoms with van der Waals surface area (Å²) in [6, 6.07) is 4.25. The van der Waals surface area contributed by atoms with Gasteiger partial charge in [0.05, 0.1) is 20.8 Å². The summed E-state index contributed by atoms with van der Waals surface area (Å²) in [6.07, 6.45) is 4.11. The fraction of sp³-hybridized carbons (Fsp3) is 0.625. The molecule has 6 nitrogen and oxygen atoms in total. The number of fused-ring (bicyclic) bond motifs is 4. The molecule has 1 aromatic heterocycles. The maximum Gasteiger partial charge on any atom is 0.319 e. The Morgan fingerprint density at radius 1 is 1.23 bits per heavy atom. The standard InChI is InChI=1S/C24H32N2O4/c1-5-15-9-14-12-24(23(27)30-6-2)21-16(7-8-26(13-14)22(15)24)17-10-19(28-3)20(29-4)11-18(17)25-21/h10-11,14-15,22,25H,5-9,12-13H2,1-4H3/t14-,15?,22?,24?/m0/s1. The molecule has 4 heterocycles. The fourth-order valence-corrected chi connectivity index (χ4v) is 6.72. The average Bonchev–Trinajstić information content (AvgIpc) is 3.09. The SMILES string of the molecule is CCOC(=O)C12C[C@@H]3CC(CC)C1N(CCc1c2[nH]c2cc(OC)c(OC)cc12)C3. The van der Waals surface area contributed by atoms with Gasteiger partial charge in [-0.25, -0.2) is 0 Å². The molecule has 1 saturated carbocycles. The third kappa shape index (κ3) is 2.55. The van der Waals surface area contributed by atoms with E-state index in [1.165, 1.54) is 12.0 Å². The molecule has 1 aliphatic carbocycles. The number of carbonyl (C=O) groups is 1. The zero-order valence-electron chi connectivity index (χ0n) is 18.4. The summed E-state index contributed by atoms with van der Waals surface area (Å²) < 4.78 is 16.9. The van der Waals surface area contributed by atoms with E-state index < -0.39 is 5.41 Å². The maximum absolute atomic E-state index is 13.7. The molecule has 4 aliphatic rings. The van der Waals surface area contributed by atoms with Crippen molar-refractivity contribution in [2.45, 2.75) is 51.0 Å². The highest BCUT2D eigenvalue weighted by Crippen LogP contribution is 2.55. The minimum atomic E-state index is -0.622. The topological polar surface area (TPSA) is 63.8 Å². The van der Waals surface area contributed by atoms with Gasteiger partial charge in [0.15, 0.2) is 11.5 Å². The van der Waals surface area contributed by atoms with Gasteiger partial charge in [0.25, 0.3) is 0 Å². The zero-order valence-corrected chi connectivity index (χ0v) is 18.4. The molecule has 0 amide bonds. The van der Waals surface area contributed by atoms with Crippen LogP contribution in [0.2, 0.25) is 0 Å². The molecule has 2 saturated heterocycles. The average molecular weight is 413 g/mol. The number of hydrogen-bond donors (Lipinski definition) is 1. The van der Waals surface area contributed by atoms with Crippen molar-refractivity contribution in [3.63, 3.8) is 0 Å². The second-order valence-corrected chi connectivity index (χ2v) is 9.09. The maximum atomic E-state index is 13.7. The van der Waals surface area contributed by atoms with Crippen LogP contribution in [0.4, 0.5) is 0 Å². The molecule has 4 bridgehead atoms. The number of nitrogens with zero attached hydrogens (tertiary/aromatic N) is 1. The van der Waals surface area contributed by atoms with E-state index in [0.717, 1.165) is 54.7 Å². The quantitative estimate of drug-likeness (QED) is 0.760. The van der Waals surface area contributed by atoms with Gasteiger partial charge in [-0.05, 0) is 49.7 Å². The molecule has 0 spiro atoms. The normalized spacial score (nSPS) is 31.9. The summed E-state index contributed by atoms with van der Waals surface area (Å²) in [4.78, 5) is 20.0. The molecule has 6 heteroatoms. The Bertz CT molecular complexity index is 983. The molecular formula is C24H32N2O4. The molecule has 5 atom stereocenters. The summed E-state index contributed by atoms with van der Waals surface area (Å²) in [5.41, 5.74) is 2.69. The molecule has 3 aliphatic heterocycles. The molecule has 30 heavy (non-hydrogen) atoms. The number of carbonyl (C=O) groups excluding carboxylic acids is 1. The number of hydrogen-bond acceptors (Lipinski definition) is 5. The Kier molecular flexibility index (Phi) is 4.73. The number of aromatic nitrogens is 1. The van der Waals surface area contributed by atoms with Crippen LogP contribution in [-0.2, 0) is 21.4 Å². The Labute approximate surface area is 177 Å². The Morgan fingerprint density at radius 3 is 2.70 bits per heavy atom. The highest BCUT2D eigenvalue weighted by Gasteiger charge is 2.62. The minimum absolute atomic E-state index is 0.0588. The van der Waals surface area contributed by atoms with Crippen LogP contribution in [0.1, 0.15) is 44.4 Å². The van der Waals surface area contributed by atoms with Gasteiger partial charge in [-0.3, -0.25) is 9.69 Å². The summed E-state index contributed by atoms with van der Waals surface area (Å²) in [7, 11) is 3.32. The van der Waals surface area contributed by atoms with Crippen molar-refractivity contribution in [3.8, 4) is 11.5 Å². The monoisotopic (exact) mass is 412 g/mol. The van der Waals surface area contributed by atoms with Gasteiger partial charge in [-0.1, -0.05) is 13.3 Å². The van der Waals surface area contributed by atoms with Crippen molar-refractivity contribution >= 4 is 16.9 Å². The lowest BCUT2D eigenvalue weighted by Crippen LogP contribution is -2.67. The van der Waals surface area contributed by atoms with Crippen molar-refractivity contribution in [1.82, 2.24) is 9.88 Å². The number of benzene rings is 1. The first-order chi connectivity index (χ1) is 14.6. The molecule has 1 N–H and O–H groups in total. The van der Waals surface area contributed by atoms with Crippen molar-refractivity contribution in [2.75, 3.05) is 33.9 Å². The van der Waals surface area contributed by atoms with Gasteiger partial charge < -0.3 is 19.2 Å². The summed E-state index contributed by atoms with van der Waals surface area (Å²) in [5.74, 6) is 2.41. The number of nitrogens with one attached hydrogen (secondary N) is 1. The number of methoxy groups -OCH3 is 2. The van der Waals surface area contributed by atoms with Gasteiger partial charge in [0.2, 0.25) is 0 Å². The second kappa shape index (κ2) is 7.19. The predicted molar refractivity (Wildman–Crippen MR) is 115 cm³/mol. The predicted octanol–water partition coefficient (Wildman–Crippen LogP) is 3.66. The number of rotatable bonds is 5. The fourth-order valence-electron chi connectivity index (χ4n) is 6.72. The van der Waals surface area contributed by atoms with E-state index >= 15 is 0 Å². The number of H-pyrrole nitrogens is 1. The number of piperidine rings is 2. The second-order valence-electron chi connectivity index (χ2n) is 9.09. The van der Waals surface area contributed by atoms with E-state index in [1.54, 1.807) is 14.2 Å². The van der Waals surface area contributed by atoms with Crippen LogP contribution in [0.25, 0.3) is 10.9 Å². The lowest BCUT2D eigenvalue weighted by molar-refractivity contribution is -0.164. The van der Waals surface area contributed by atoms with E-state index in [-0.39, 0.29) is 12.0 Å². The van der Waals surface area contributed by atoms with Crippen LogP contribution >= 0.6 is 0 Å². The molecule has 0 radical (unpaired) electrons. The third-order valence-electron chi connectivity index (χ3n) is 7.75. The van der Waals surface area contributed by atoms with Crippen LogP contribution in [0.3, 0.4) is 0 Å². The lowest BCUT2D eigenvalue weighted by Gasteiger charge is -2.57. The molecule has 6 rings (SSSR count). The van der Waals surface area contributed by atoms with Gasteiger partial charge in [0, 0.05) is 41.8 Å². The lowest BCUT2D eigenvalue weighted by atomic mass is 9.56. The van der Waals surface area contributed by atoms with Crippen molar-refractivity contribution in [2.24, 2.45) is 11.8 Å². The van der Waals surface area contributed by atoms with Gasteiger partial charge in [0.1, 0.15) is 5.41 Å². The van der Waals surface area contributed by atoms with Gasteiger partial charge in [-0.2, -0.15) is 0 Å². The molecular weight excluding hydrogens is 380 g/mol. The van der Waals surface area contributed by atoms with E-state index in [9.17, 15) is 4.79 Å². The van der Waals surface area contributed by atoms with Crippen molar-refractivity contribution in [3.05, 3.63) is 23.4 Å². The first-order valence-electron chi connectivity index (χ1n) is 11.3. The van der Waals surface area contributed by atoms with Crippen molar-refractivity contribution in [1.29, 1.82) is 0 Å². The molecule has 2 aromatic rings. The van der Waals surface area contributed by atoms with E-state index in [2.05, 4.69) is 22.9 Å². The first kappa shape index (κ1) is 19.7. The number of aromatic amines is 1. The van der Waals surface area contributed by atoms with E-state index in [0.29, 0.717) is 24.2 Å². The largest absolute Gasteiger partial charge is 0.493 e. The molecule has 4 unspecified atom stereocenters. The number of ether oxygens (including phenoxy) is 3. The first-order valence-corrected chi connectivity index (χ1v) is 11.3. The van der Waals surface area contributed by atoms with Crippen LogP contribution in [0.5, 0.6) is 11.5 Å². The summed E-state index contributed by atoms with van der Waals surface area (Å²) in [5, 5.41) is 1.13. The Morgan fingerprint density at radius 2 is 2.00 bits per heavy atom. The van der Waals surface area contributed by atoms with Gasteiger partial charge in [-0.15, -0.1) is 0 Å². The molecule has 3 fully saturated rings. The highest BCUT2D eigenvalue weighted by molar-refractivity contribution is 5.93. The Hall–Kier alpha value is -2.21. The van der Waals surface area contributed by atoms with Crippen LogP contribution in [0.15, 0.2) is 12.1 Å². The minimum Gasteiger partial charge on any atom is -0.493 e. The summed E-state index contributed by atoms with van der Waals surface area (Å²) in [6.45, 7) is 6.66. The van der Waals surface area contributed by atoms with Crippen LogP contribution < -0.4 is 9.47 Å². The van der Waals surface area contributed by atoms with Crippen LogP contribution in [-0.4, -0.2) is 55.8 Å². The van der Waals surface area contributed by atoms with E-state index in [1.807, 2.05) is 13.0 Å².